The molecule has 1 aliphatic heterocycles. The van der Waals surface area contributed by atoms with Gasteiger partial charge in [-0.3, -0.25) is 9.88 Å². The van der Waals surface area contributed by atoms with E-state index in [1.807, 2.05) is 0 Å². The number of aryl methyl sites for hydroxylation is 1. The molecule has 2 heterocycles. The Labute approximate surface area is 104 Å². The molecule has 1 aromatic heterocycles. The van der Waals surface area contributed by atoms with Gasteiger partial charge in [-0.25, -0.2) is 0 Å². The highest BCUT2D eigenvalue weighted by molar-refractivity contribution is 5.09. The molecule has 0 aromatic carbocycles. The van der Waals surface area contributed by atoms with Crippen molar-refractivity contribution < 1.29 is 0 Å². The Morgan fingerprint density at radius 2 is 2.12 bits per heavy atom. The van der Waals surface area contributed by atoms with Gasteiger partial charge in [0.1, 0.15) is 0 Å². The molecular weight excluding hydrogens is 210 g/mol. The minimum atomic E-state index is 0.837. The second-order valence-corrected chi connectivity index (χ2v) is 5.07. The summed E-state index contributed by atoms with van der Waals surface area (Å²) in [4.78, 5) is 7.07. The molecule has 17 heavy (non-hydrogen) atoms. The minimum absolute atomic E-state index is 0.837. The van der Waals surface area contributed by atoms with Crippen LogP contribution in [-0.4, -0.2) is 29.5 Å². The Balaban J connectivity index is 1.82. The predicted molar refractivity (Wildman–Crippen MR) is 70.6 cm³/mol. The van der Waals surface area contributed by atoms with Crippen LogP contribution in [0.5, 0.6) is 0 Å². The summed E-state index contributed by atoms with van der Waals surface area (Å²) >= 11 is 0. The van der Waals surface area contributed by atoms with Crippen molar-refractivity contribution in [2.24, 2.45) is 11.7 Å². The molecule has 0 unspecified atom stereocenters. The third-order valence-electron chi connectivity index (χ3n) is 3.61. The first-order valence-electron chi connectivity index (χ1n) is 6.63. The lowest BCUT2D eigenvalue weighted by molar-refractivity contribution is 0.172. The molecule has 1 aliphatic rings. The van der Waals surface area contributed by atoms with Crippen molar-refractivity contribution >= 4 is 0 Å². The number of nitrogens with two attached hydrogens (primary N) is 1. The first kappa shape index (κ1) is 12.5. The van der Waals surface area contributed by atoms with Crippen molar-refractivity contribution in [1.29, 1.82) is 0 Å². The molecule has 0 atom stereocenters. The Kier molecular flexibility index (Phi) is 4.51. The van der Waals surface area contributed by atoms with Crippen LogP contribution in [0, 0.1) is 12.8 Å². The molecule has 0 spiro atoms. The molecule has 3 heteroatoms. The van der Waals surface area contributed by atoms with Gasteiger partial charge in [0.25, 0.3) is 0 Å². The summed E-state index contributed by atoms with van der Waals surface area (Å²) in [5, 5.41) is 0. The first-order chi connectivity index (χ1) is 8.28. The third kappa shape index (κ3) is 3.79. The van der Waals surface area contributed by atoms with Crippen LogP contribution in [-0.2, 0) is 6.54 Å². The zero-order chi connectivity index (χ0) is 12.1. The molecule has 2 N–H and O–H groups in total. The number of aromatic nitrogens is 1. The maximum Gasteiger partial charge on any atom is 0.0547 e. The fourth-order valence-electron chi connectivity index (χ4n) is 2.59. The lowest BCUT2D eigenvalue weighted by Gasteiger charge is -2.31. The average molecular weight is 233 g/mol. The number of piperidine rings is 1. The van der Waals surface area contributed by atoms with Crippen LogP contribution in [0.4, 0.5) is 0 Å². The van der Waals surface area contributed by atoms with Gasteiger partial charge in [0.15, 0.2) is 0 Å². The van der Waals surface area contributed by atoms with Crippen LogP contribution in [0.15, 0.2) is 18.2 Å². The quantitative estimate of drug-likeness (QED) is 0.864. The molecule has 1 saturated heterocycles. The molecule has 0 bridgehead atoms. The summed E-state index contributed by atoms with van der Waals surface area (Å²) in [5.74, 6) is 0.849. The zero-order valence-corrected chi connectivity index (χ0v) is 10.7. The van der Waals surface area contributed by atoms with Crippen molar-refractivity contribution in [3.8, 4) is 0 Å². The molecule has 0 radical (unpaired) electrons. The standard InChI is InChI=1S/C14H23N3/c1-12-3-2-4-14(16-12)11-17-9-6-13(5-8-15)7-10-17/h2-4,13H,5-11,15H2,1H3. The van der Waals surface area contributed by atoms with Crippen LogP contribution in [0.2, 0.25) is 0 Å². The first-order valence-corrected chi connectivity index (χ1v) is 6.63. The number of hydrogen-bond donors (Lipinski definition) is 1. The highest BCUT2D eigenvalue weighted by Gasteiger charge is 2.18. The Morgan fingerprint density at radius 1 is 1.35 bits per heavy atom. The van der Waals surface area contributed by atoms with Gasteiger partial charge in [0.05, 0.1) is 5.69 Å². The summed E-state index contributed by atoms with van der Waals surface area (Å²) in [6.07, 6.45) is 3.78. The van der Waals surface area contributed by atoms with Gasteiger partial charge in [0.2, 0.25) is 0 Å². The Bertz CT molecular complexity index is 343. The maximum absolute atomic E-state index is 5.61. The highest BCUT2D eigenvalue weighted by atomic mass is 15.1. The van der Waals surface area contributed by atoms with Crippen LogP contribution >= 0.6 is 0 Å². The Hall–Kier alpha value is -0.930. The topological polar surface area (TPSA) is 42.1 Å². The van der Waals surface area contributed by atoms with Gasteiger partial charge in [-0.1, -0.05) is 6.07 Å². The molecule has 2 rings (SSSR count). The van der Waals surface area contributed by atoms with E-state index in [-0.39, 0.29) is 0 Å². The molecule has 0 saturated carbocycles. The third-order valence-corrected chi connectivity index (χ3v) is 3.61. The largest absolute Gasteiger partial charge is 0.330 e. The van der Waals surface area contributed by atoms with E-state index in [1.165, 1.54) is 38.0 Å². The summed E-state index contributed by atoms with van der Waals surface area (Å²) in [6.45, 7) is 6.28. The Morgan fingerprint density at radius 3 is 2.76 bits per heavy atom. The number of likely N-dealkylation sites (tertiary alicyclic amines) is 1. The summed E-state index contributed by atoms with van der Waals surface area (Å²) in [7, 11) is 0. The van der Waals surface area contributed by atoms with Crippen molar-refractivity contribution in [3.05, 3.63) is 29.6 Å². The average Bonchev–Trinajstić information content (AvgIpc) is 2.32. The van der Waals surface area contributed by atoms with Gasteiger partial charge >= 0.3 is 0 Å². The van der Waals surface area contributed by atoms with Crippen molar-refractivity contribution in [2.75, 3.05) is 19.6 Å². The monoisotopic (exact) mass is 233 g/mol. The van der Waals surface area contributed by atoms with E-state index in [2.05, 4.69) is 35.0 Å². The van der Waals surface area contributed by atoms with Gasteiger partial charge in [-0.15, -0.1) is 0 Å². The lowest BCUT2D eigenvalue weighted by Crippen LogP contribution is -2.34. The van der Waals surface area contributed by atoms with E-state index >= 15 is 0 Å². The highest BCUT2D eigenvalue weighted by Crippen LogP contribution is 2.20. The molecule has 94 valence electrons. The maximum atomic E-state index is 5.61. The molecule has 3 nitrogen and oxygen atoms in total. The zero-order valence-electron chi connectivity index (χ0n) is 10.7. The fraction of sp³-hybridized carbons (Fsp3) is 0.643. The van der Waals surface area contributed by atoms with Crippen molar-refractivity contribution in [2.45, 2.75) is 32.7 Å². The van der Waals surface area contributed by atoms with Crippen LogP contribution in [0.1, 0.15) is 30.7 Å². The second-order valence-electron chi connectivity index (χ2n) is 5.07. The van der Waals surface area contributed by atoms with E-state index in [0.717, 1.165) is 24.7 Å². The number of pyridine rings is 1. The molecular formula is C14H23N3. The smallest absolute Gasteiger partial charge is 0.0547 e. The predicted octanol–water partition coefficient (Wildman–Crippen LogP) is 1.95. The SMILES string of the molecule is Cc1cccc(CN2CCC(CCN)CC2)n1. The summed E-state index contributed by atoms with van der Waals surface area (Å²) in [6, 6.07) is 6.27. The number of hydrogen-bond acceptors (Lipinski definition) is 3. The number of rotatable bonds is 4. The minimum Gasteiger partial charge on any atom is -0.330 e. The molecule has 1 fully saturated rings. The van der Waals surface area contributed by atoms with Crippen molar-refractivity contribution in [3.63, 3.8) is 0 Å². The number of nitrogens with zero attached hydrogens (tertiary/aromatic N) is 2. The van der Waals surface area contributed by atoms with E-state index in [4.69, 9.17) is 5.73 Å². The second kappa shape index (κ2) is 6.12. The van der Waals surface area contributed by atoms with E-state index in [9.17, 15) is 0 Å². The summed E-state index contributed by atoms with van der Waals surface area (Å²) < 4.78 is 0. The van der Waals surface area contributed by atoms with E-state index in [0.29, 0.717) is 0 Å². The van der Waals surface area contributed by atoms with Crippen LogP contribution < -0.4 is 5.73 Å². The summed E-state index contributed by atoms with van der Waals surface area (Å²) in [5.41, 5.74) is 7.92. The lowest BCUT2D eigenvalue weighted by atomic mass is 9.93. The van der Waals surface area contributed by atoms with Crippen molar-refractivity contribution in [1.82, 2.24) is 9.88 Å². The fourth-order valence-corrected chi connectivity index (χ4v) is 2.59. The van der Waals surface area contributed by atoms with Gasteiger partial charge in [-0.05, 0) is 63.9 Å². The molecule has 0 amide bonds. The van der Waals surface area contributed by atoms with Gasteiger partial charge in [0, 0.05) is 12.2 Å². The van der Waals surface area contributed by atoms with E-state index in [1.54, 1.807) is 0 Å². The van der Waals surface area contributed by atoms with E-state index < -0.39 is 0 Å². The normalized spacial score (nSPS) is 18.5. The van der Waals surface area contributed by atoms with Gasteiger partial charge < -0.3 is 5.73 Å². The van der Waals surface area contributed by atoms with Crippen LogP contribution in [0.25, 0.3) is 0 Å². The molecule has 0 aliphatic carbocycles. The molecule has 1 aromatic rings. The van der Waals surface area contributed by atoms with Crippen LogP contribution in [0.3, 0.4) is 0 Å². The van der Waals surface area contributed by atoms with Gasteiger partial charge in [-0.2, -0.15) is 0 Å².